The number of ketones is 1. The lowest BCUT2D eigenvalue weighted by Gasteiger charge is -2.28. The van der Waals surface area contributed by atoms with E-state index in [1.165, 1.54) is 0 Å². The smallest absolute Gasteiger partial charge is 0.161 e. The van der Waals surface area contributed by atoms with Crippen LogP contribution in [0.1, 0.15) is 17.3 Å². The molecule has 1 heterocycles. The summed E-state index contributed by atoms with van der Waals surface area (Å²) in [6.07, 6.45) is 0. The Morgan fingerprint density at radius 3 is 2.62 bits per heavy atom. The van der Waals surface area contributed by atoms with Crippen LogP contribution >= 0.6 is 11.8 Å². The summed E-state index contributed by atoms with van der Waals surface area (Å²) in [7, 11) is 0. The van der Waals surface area contributed by atoms with Crippen LogP contribution in [0.3, 0.4) is 0 Å². The van der Waals surface area contributed by atoms with Crippen LogP contribution in [-0.2, 0) is 0 Å². The van der Waals surface area contributed by atoms with Gasteiger partial charge in [0, 0.05) is 41.5 Å². The Balaban J connectivity index is 2.23. The van der Waals surface area contributed by atoms with Crippen LogP contribution in [0, 0.1) is 0 Å². The van der Waals surface area contributed by atoms with Gasteiger partial charge in [0.15, 0.2) is 5.78 Å². The van der Waals surface area contributed by atoms with Crippen molar-refractivity contribution in [2.24, 2.45) is 0 Å². The second-order valence-electron chi connectivity index (χ2n) is 3.93. The molecule has 0 bridgehead atoms. The van der Waals surface area contributed by atoms with Crippen molar-refractivity contribution >= 4 is 28.9 Å². The fourth-order valence-corrected chi connectivity index (χ4v) is 2.79. The summed E-state index contributed by atoms with van der Waals surface area (Å²) in [6.45, 7) is 3.66. The Labute approximate surface area is 100.0 Å². The number of anilines is 2. The largest absolute Gasteiger partial charge is 0.398 e. The van der Waals surface area contributed by atoms with E-state index in [-0.39, 0.29) is 5.78 Å². The topological polar surface area (TPSA) is 46.3 Å². The van der Waals surface area contributed by atoms with Gasteiger partial charge in [-0.05, 0) is 25.1 Å². The number of nitrogens with two attached hydrogens (primary N) is 1. The minimum absolute atomic E-state index is 0.0262. The highest BCUT2D eigenvalue weighted by atomic mass is 32.2. The van der Waals surface area contributed by atoms with Crippen molar-refractivity contribution in [1.29, 1.82) is 0 Å². The predicted molar refractivity (Wildman–Crippen MR) is 70.4 cm³/mol. The van der Waals surface area contributed by atoms with E-state index in [0.717, 1.165) is 30.3 Å². The van der Waals surface area contributed by atoms with Crippen LogP contribution in [0.2, 0.25) is 0 Å². The van der Waals surface area contributed by atoms with Crippen LogP contribution in [-0.4, -0.2) is 30.4 Å². The van der Waals surface area contributed by atoms with Crippen molar-refractivity contribution in [3.8, 4) is 0 Å². The number of rotatable bonds is 2. The zero-order valence-corrected chi connectivity index (χ0v) is 10.2. The van der Waals surface area contributed by atoms with E-state index in [1.54, 1.807) is 6.92 Å². The van der Waals surface area contributed by atoms with Gasteiger partial charge in [-0.25, -0.2) is 0 Å². The molecule has 2 N–H and O–H groups in total. The van der Waals surface area contributed by atoms with Gasteiger partial charge >= 0.3 is 0 Å². The molecule has 1 saturated heterocycles. The van der Waals surface area contributed by atoms with E-state index in [4.69, 9.17) is 5.73 Å². The lowest BCUT2D eigenvalue weighted by molar-refractivity contribution is 0.101. The zero-order chi connectivity index (χ0) is 11.5. The Kier molecular flexibility index (Phi) is 3.39. The third-order valence-electron chi connectivity index (χ3n) is 2.79. The standard InChI is InChI=1S/C12H16N2OS/c1-9(15)11-3-2-10(8-12(11)13)14-4-6-16-7-5-14/h2-3,8H,4-7,13H2,1H3. The molecule has 0 saturated carbocycles. The van der Waals surface area contributed by atoms with Crippen LogP contribution < -0.4 is 10.6 Å². The Morgan fingerprint density at radius 1 is 1.38 bits per heavy atom. The molecule has 0 aromatic heterocycles. The molecule has 3 nitrogen and oxygen atoms in total. The number of carbonyl (C=O) groups excluding carboxylic acids is 1. The van der Waals surface area contributed by atoms with Gasteiger partial charge in [0.2, 0.25) is 0 Å². The predicted octanol–water partition coefficient (Wildman–Crippen LogP) is 2.02. The quantitative estimate of drug-likeness (QED) is 0.630. The number of hydrogen-bond donors (Lipinski definition) is 1. The van der Waals surface area contributed by atoms with Crippen molar-refractivity contribution in [3.05, 3.63) is 23.8 Å². The van der Waals surface area contributed by atoms with Crippen molar-refractivity contribution in [2.75, 3.05) is 35.2 Å². The number of benzene rings is 1. The number of nitrogens with zero attached hydrogens (tertiary/aromatic N) is 1. The SMILES string of the molecule is CC(=O)c1ccc(N2CCSCC2)cc1N. The first-order valence-electron chi connectivity index (χ1n) is 5.41. The molecule has 4 heteroatoms. The second-order valence-corrected chi connectivity index (χ2v) is 5.15. The molecule has 0 unspecified atom stereocenters. The molecule has 0 aliphatic carbocycles. The minimum Gasteiger partial charge on any atom is -0.398 e. The van der Waals surface area contributed by atoms with Crippen molar-refractivity contribution < 1.29 is 4.79 Å². The maximum absolute atomic E-state index is 11.3. The highest BCUT2D eigenvalue weighted by molar-refractivity contribution is 7.99. The van der Waals surface area contributed by atoms with Crippen LogP contribution in [0.25, 0.3) is 0 Å². The maximum Gasteiger partial charge on any atom is 0.161 e. The fraction of sp³-hybridized carbons (Fsp3) is 0.417. The monoisotopic (exact) mass is 236 g/mol. The van der Waals surface area contributed by atoms with Crippen LogP contribution in [0.5, 0.6) is 0 Å². The summed E-state index contributed by atoms with van der Waals surface area (Å²) >= 11 is 1.98. The molecule has 0 atom stereocenters. The molecule has 1 aliphatic rings. The lowest BCUT2D eigenvalue weighted by atomic mass is 10.1. The summed E-state index contributed by atoms with van der Waals surface area (Å²) in [5, 5.41) is 0. The normalized spacial score (nSPS) is 16.2. The van der Waals surface area contributed by atoms with Gasteiger partial charge in [0.25, 0.3) is 0 Å². The molecule has 0 amide bonds. The third kappa shape index (κ3) is 2.32. The molecule has 1 fully saturated rings. The van der Waals surface area contributed by atoms with Gasteiger partial charge in [0.1, 0.15) is 0 Å². The lowest BCUT2D eigenvalue weighted by Crippen LogP contribution is -2.32. The fourth-order valence-electron chi connectivity index (χ4n) is 1.89. The summed E-state index contributed by atoms with van der Waals surface area (Å²) in [5.41, 5.74) is 8.21. The van der Waals surface area contributed by atoms with Crippen molar-refractivity contribution in [3.63, 3.8) is 0 Å². The summed E-state index contributed by atoms with van der Waals surface area (Å²) in [4.78, 5) is 13.6. The number of thioether (sulfide) groups is 1. The number of carbonyl (C=O) groups is 1. The van der Waals surface area contributed by atoms with Gasteiger partial charge in [-0.3, -0.25) is 4.79 Å². The average molecular weight is 236 g/mol. The van der Waals surface area contributed by atoms with E-state index in [1.807, 2.05) is 30.0 Å². The van der Waals surface area contributed by atoms with E-state index < -0.39 is 0 Å². The Morgan fingerprint density at radius 2 is 2.06 bits per heavy atom. The van der Waals surface area contributed by atoms with E-state index >= 15 is 0 Å². The first kappa shape index (κ1) is 11.3. The molecule has 0 radical (unpaired) electrons. The zero-order valence-electron chi connectivity index (χ0n) is 9.40. The van der Waals surface area contributed by atoms with Gasteiger partial charge in [-0.15, -0.1) is 0 Å². The summed E-state index contributed by atoms with van der Waals surface area (Å²) < 4.78 is 0. The van der Waals surface area contributed by atoms with Gasteiger partial charge in [-0.2, -0.15) is 11.8 Å². The molecule has 1 aromatic rings. The van der Waals surface area contributed by atoms with E-state index in [0.29, 0.717) is 11.3 Å². The summed E-state index contributed by atoms with van der Waals surface area (Å²) in [6, 6.07) is 5.73. The molecule has 1 aromatic carbocycles. The number of Topliss-reactive ketones (excluding diaryl/α,β-unsaturated/α-hetero) is 1. The molecular weight excluding hydrogens is 220 g/mol. The molecule has 0 spiro atoms. The van der Waals surface area contributed by atoms with E-state index in [2.05, 4.69) is 4.90 Å². The maximum atomic E-state index is 11.3. The van der Waals surface area contributed by atoms with Gasteiger partial charge in [0.05, 0.1) is 0 Å². The molecule has 86 valence electrons. The first-order valence-corrected chi connectivity index (χ1v) is 6.57. The first-order chi connectivity index (χ1) is 7.68. The molecule has 2 rings (SSSR count). The molecule has 16 heavy (non-hydrogen) atoms. The summed E-state index contributed by atoms with van der Waals surface area (Å²) in [5.74, 6) is 2.35. The Bertz CT molecular complexity index is 400. The van der Waals surface area contributed by atoms with E-state index in [9.17, 15) is 4.79 Å². The number of nitrogen functional groups attached to an aromatic ring is 1. The van der Waals surface area contributed by atoms with Gasteiger partial charge < -0.3 is 10.6 Å². The molecule has 1 aliphatic heterocycles. The van der Waals surface area contributed by atoms with Gasteiger partial charge in [-0.1, -0.05) is 0 Å². The van der Waals surface area contributed by atoms with Crippen molar-refractivity contribution in [2.45, 2.75) is 6.92 Å². The van der Waals surface area contributed by atoms with Crippen molar-refractivity contribution in [1.82, 2.24) is 0 Å². The highest BCUT2D eigenvalue weighted by Crippen LogP contribution is 2.24. The highest BCUT2D eigenvalue weighted by Gasteiger charge is 2.13. The van der Waals surface area contributed by atoms with Crippen LogP contribution in [0.4, 0.5) is 11.4 Å². The average Bonchev–Trinajstić information content (AvgIpc) is 2.29. The minimum atomic E-state index is 0.0262. The number of hydrogen-bond acceptors (Lipinski definition) is 4. The molecular formula is C12H16N2OS. The van der Waals surface area contributed by atoms with Crippen LogP contribution in [0.15, 0.2) is 18.2 Å². The Hall–Kier alpha value is -1.16. The third-order valence-corrected chi connectivity index (χ3v) is 3.73. The second kappa shape index (κ2) is 4.78.